The molecule has 2 aromatic rings. The number of hydrogen-bond donors (Lipinski definition) is 1. The fraction of sp³-hybridized carbons (Fsp3) is 0.412. The number of amides is 1. The third-order valence-electron chi connectivity index (χ3n) is 4.18. The third kappa shape index (κ3) is 3.62. The second-order valence-corrected chi connectivity index (χ2v) is 5.90. The van der Waals surface area contributed by atoms with Gasteiger partial charge in [0, 0.05) is 13.0 Å². The quantitative estimate of drug-likeness (QED) is 0.841. The monoisotopic (exact) mass is 344 g/mol. The first-order valence-electron chi connectivity index (χ1n) is 8.24. The van der Waals surface area contributed by atoms with Crippen LogP contribution in [0.5, 0.6) is 0 Å². The van der Waals surface area contributed by atoms with Gasteiger partial charge in [0.2, 0.25) is 5.91 Å². The van der Waals surface area contributed by atoms with Crippen molar-refractivity contribution in [3.05, 3.63) is 46.1 Å². The Morgan fingerprint density at radius 3 is 2.84 bits per heavy atom. The van der Waals surface area contributed by atoms with Crippen LogP contribution >= 0.6 is 0 Å². The smallest absolute Gasteiger partial charge is 0.346 e. The Labute approximate surface area is 144 Å². The van der Waals surface area contributed by atoms with Crippen LogP contribution in [0.3, 0.4) is 0 Å². The Hall–Kier alpha value is -2.90. The number of esters is 1. The summed E-state index contributed by atoms with van der Waals surface area (Å²) >= 11 is 0. The second-order valence-electron chi connectivity index (χ2n) is 5.90. The molecule has 0 saturated heterocycles. The Balaban J connectivity index is 1.76. The van der Waals surface area contributed by atoms with Crippen molar-refractivity contribution in [2.24, 2.45) is 0 Å². The van der Waals surface area contributed by atoms with Crippen LogP contribution in [0.15, 0.2) is 29.1 Å². The highest BCUT2D eigenvalue weighted by atomic mass is 16.5. The van der Waals surface area contributed by atoms with Crippen LogP contribution in [0.25, 0.3) is 0 Å². The van der Waals surface area contributed by atoms with E-state index >= 15 is 0 Å². The lowest BCUT2D eigenvalue weighted by Gasteiger charge is -2.09. The second kappa shape index (κ2) is 7.33. The summed E-state index contributed by atoms with van der Waals surface area (Å²) in [6, 6.07) is 6.55. The topological polar surface area (TPSA) is 95.2 Å². The van der Waals surface area contributed by atoms with Gasteiger partial charge in [0.15, 0.2) is 0 Å². The molecule has 0 saturated carbocycles. The molecular formula is C17H20N4O4. The number of nitrogens with zero attached hydrogens (tertiary/aromatic N) is 3. The molecule has 0 radical (unpaired) electrons. The molecule has 0 fully saturated rings. The average molecular weight is 344 g/mol. The maximum Gasteiger partial charge on any atom is 0.346 e. The number of carbonyl (C=O) groups is 2. The van der Waals surface area contributed by atoms with Crippen LogP contribution in [0.2, 0.25) is 0 Å². The van der Waals surface area contributed by atoms with Crippen molar-refractivity contribution >= 4 is 17.6 Å². The number of hydrogen-bond acceptors (Lipinski definition) is 5. The minimum Gasteiger partial charge on any atom is -0.465 e. The molecule has 2 heterocycles. The fourth-order valence-corrected chi connectivity index (χ4v) is 2.93. The van der Waals surface area contributed by atoms with Gasteiger partial charge in [-0.1, -0.05) is 18.6 Å². The summed E-state index contributed by atoms with van der Waals surface area (Å²) in [5.74, 6) is -0.237. The van der Waals surface area contributed by atoms with Crippen molar-refractivity contribution in [1.29, 1.82) is 0 Å². The molecule has 0 spiro atoms. The van der Waals surface area contributed by atoms with E-state index in [9.17, 15) is 14.4 Å². The largest absolute Gasteiger partial charge is 0.465 e. The molecule has 1 N–H and O–H groups in total. The Bertz CT molecular complexity index is 853. The standard InChI is InChI=1S/C17H20N4O4/c1-25-16(23)12-7-4-5-8-13(12)18-15(22)11-21-17(24)20-10-6-2-3-9-14(20)19-21/h4-5,7-8H,2-3,6,9-11H2,1H3,(H,18,22). The summed E-state index contributed by atoms with van der Waals surface area (Å²) < 4.78 is 7.52. The van der Waals surface area contributed by atoms with Gasteiger partial charge >= 0.3 is 11.7 Å². The molecular weight excluding hydrogens is 324 g/mol. The zero-order valence-corrected chi connectivity index (χ0v) is 14.0. The number of para-hydroxylation sites is 1. The molecule has 8 nitrogen and oxygen atoms in total. The number of aromatic nitrogens is 3. The van der Waals surface area contributed by atoms with Gasteiger partial charge in [-0.25, -0.2) is 14.3 Å². The molecule has 1 aliphatic heterocycles. The van der Waals surface area contributed by atoms with E-state index in [1.54, 1.807) is 28.8 Å². The van der Waals surface area contributed by atoms with Crippen molar-refractivity contribution < 1.29 is 14.3 Å². The molecule has 0 atom stereocenters. The third-order valence-corrected chi connectivity index (χ3v) is 4.18. The maximum atomic E-state index is 12.4. The molecule has 1 amide bonds. The van der Waals surface area contributed by atoms with Crippen molar-refractivity contribution in [1.82, 2.24) is 14.3 Å². The highest BCUT2D eigenvalue weighted by molar-refractivity contribution is 6.01. The predicted octanol–water partition coefficient (Wildman–Crippen LogP) is 1.20. The van der Waals surface area contributed by atoms with Crippen LogP contribution in [0, 0.1) is 0 Å². The average Bonchev–Trinajstić information content (AvgIpc) is 2.78. The van der Waals surface area contributed by atoms with E-state index in [4.69, 9.17) is 4.74 Å². The van der Waals surface area contributed by atoms with Gasteiger partial charge in [0.1, 0.15) is 12.4 Å². The van der Waals surface area contributed by atoms with Crippen LogP contribution in [-0.4, -0.2) is 33.3 Å². The molecule has 0 aliphatic carbocycles. The summed E-state index contributed by atoms with van der Waals surface area (Å²) in [4.78, 5) is 36.4. The summed E-state index contributed by atoms with van der Waals surface area (Å²) in [5, 5.41) is 6.93. The predicted molar refractivity (Wildman–Crippen MR) is 90.5 cm³/mol. The SMILES string of the molecule is COC(=O)c1ccccc1NC(=O)Cn1nc2n(c1=O)CCCCC2. The van der Waals surface area contributed by atoms with E-state index in [2.05, 4.69) is 10.4 Å². The zero-order chi connectivity index (χ0) is 17.8. The summed E-state index contributed by atoms with van der Waals surface area (Å²) in [6.07, 6.45) is 3.76. The number of rotatable bonds is 4. The van der Waals surface area contributed by atoms with Gasteiger partial charge in [0.05, 0.1) is 18.4 Å². The highest BCUT2D eigenvalue weighted by Crippen LogP contribution is 2.16. The minimum absolute atomic E-state index is 0.200. The fourth-order valence-electron chi connectivity index (χ4n) is 2.93. The number of ether oxygens (including phenoxy) is 1. The van der Waals surface area contributed by atoms with Crippen molar-refractivity contribution in [2.45, 2.75) is 38.8 Å². The number of anilines is 1. The molecule has 8 heteroatoms. The highest BCUT2D eigenvalue weighted by Gasteiger charge is 2.18. The number of benzene rings is 1. The maximum absolute atomic E-state index is 12.4. The first kappa shape index (κ1) is 16.9. The van der Waals surface area contributed by atoms with Crippen LogP contribution < -0.4 is 11.0 Å². The minimum atomic E-state index is -0.540. The first-order valence-corrected chi connectivity index (χ1v) is 8.24. The lowest BCUT2D eigenvalue weighted by Crippen LogP contribution is -2.30. The molecule has 1 aromatic carbocycles. The van der Waals surface area contributed by atoms with E-state index < -0.39 is 11.9 Å². The number of aryl methyl sites for hydroxylation is 1. The molecule has 1 aromatic heterocycles. The Morgan fingerprint density at radius 1 is 1.24 bits per heavy atom. The van der Waals surface area contributed by atoms with E-state index in [1.165, 1.54) is 11.8 Å². The van der Waals surface area contributed by atoms with E-state index in [0.717, 1.165) is 31.5 Å². The van der Waals surface area contributed by atoms with Gasteiger partial charge in [-0.15, -0.1) is 0 Å². The number of nitrogens with one attached hydrogen (secondary N) is 1. The van der Waals surface area contributed by atoms with Crippen LogP contribution in [0.4, 0.5) is 5.69 Å². The Kier molecular flexibility index (Phi) is 4.97. The van der Waals surface area contributed by atoms with Gasteiger partial charge in [-0.05, 0) is 25.0 Å². The van der Waals surface area contributed by atoms with Crippen LogP contribution in [-0.2, 0) is 29.0 Å². The lowest BCUT2D eigenvalue weighted by atomic mass is 10.2. The number of methoxy groups -OCH3 is 1. The van der Waals surface area contributed by atoms with Crippen molar-refractivity contribution in [2.75, 3.05) is 12.4 Å². The summed E-state index contributed by atoms with van der Waals surface area (Å²) in [6.45, 7) is 0.440. The number of carbonyl (C=O) groups excluding carboxylic acids is 2. The molecule has 132 valence electrons. The van der Waals surface area contributed by atoms with Gasteiger partial charge in [0.25, 0.3) is 0 Å². The lowest BCUT2D eigenvalue weighted by molar-refractivity contribution is -0.117. The molecule has 0 unspecified atom stereocenters. The first-order chi connectivity index (χ1) is 12.1. The van der Waals surface area contributed by atoms with Crippen molar-refractivity contribution in [3.8, 4) is 0 Å². The molecule has 0 bridgehead atoms. The normalized spacial score (nSPS) is 13.6. The van der Waals surface area contributed by atoms with E-state index in [1.807, 2.05) is 0 Å². The van der Waals surface area contributed by atoms with Gasteiger partial charge in [-0.3, -0.25) is 9.36 Å². The molecule has 25 heavy (non-hydrogen) atoms. The molecule has 3 rings (SSSR count). The summed E-state index contributed by atoms with van der Waals surface area (Å²) in [7, 11) is 1.28. The van der Waals surface area contributed by atoms with Gasteiger partial charge in [-0.2, -0.15) is 5.10 Å². The zero-order valence-electron chi connectivity index (χ0n) is 14.0. The number of fused-ring (bicyclic) bond motifs is 1. The van der Waals surface area contributed by atoms with Gasteiger partial charge < -0.3 is 10.1 Å². The molecule has 1 aliphatic rings. The van der Waals surface area contributed by atoms with Crippen molar-refractivity contribution in [3.63, 3.8) is 0 Å². The van der Waals surface area contributed by atoms with E-state index in [-0.39, 0.29) is 17.8 Å². The van der Waals surface area contributed by atoms with Crippen LogP contribution in [0.1, 0.15) is 35.4 Å². The van der Waals surface area contributed by atoms with E-state index in [0.29, 0.717) is 12.2 Å². The Morgan fingerprint density at radius 2 is 2.04 bits per heavy atom. The summed E-state index contributed by atoms with van der Waals surface area (Å²) in [5.41, 5.74) is 0.327.